The lowest BCUT2D eigenvalue weighted by molar-refractivity contribution is -0.117. The van der Waals surface area contributed by atoms with E-state index in [-0.39, 0.29) is 11.8 Å². The van der Waals surface area contributed by atoms with E-state index in [2.05, 4.69) is 16.7 Å². The summed E-state index contributed by atoms with van der Waals surface area (Å²) in [7, 11) is 3.50. The maximum atomic E-state index is 12.0. The van der Waals surface area contributed by atoms with Crippen molar-refractivity contribution in [1.82, 2.24) is 10.2 Å². The van der Waals surface area contributed by atoms with Crippen LogP contribution in [-0.2, 0) is 11.3 Å². The normalized spacial score (nSPS) is 10.5. The molecule has 0 unspecified atom stereocenters. The summed E-state index contributed by atoms with van der Waals surface area (Å²) in [4.78, 5) is 26.6. The van der Waals surface area contributed by atoms with Crippen LogP contribution in [0.25, 0.3) is 0 Å². The van der Waals surface area contributed by atoms with E-state index < -0.39 is 0 Å². The molecular formula is C16H19N3O2S. The summed E-state index contributed by atoms with van der Waals surface area (Å²) in [6.45, 7) is 1.07. The van der Waals surface area contributed by atoms with Crippen LogP contribution < -0.4 is 10.6 Å². The molecule has 0 bridgehead atoms. The van der Waals surface area contributed by atoms with Crippen molar-refractivity contribution in [3.05, 3.63) is 52.2 Å². The van der Waals surface area contributed by atoms with Crippen molar-refractivity contribution < 1.29 is 9.59 Å². The number of thiophene rings is 1. The first-order valence-corrected chi connectivity index (χ1v) is 7.79. The zero-order chi connectivity index (χ0) is 15.9. The molecule has 5 nitrogen and oxygen atoms in total. The predicted octanol–water partition coefficient (Wildman–Crippen LogP) is 2.18. The number of carbonyl (C=O) groups excluding carboxylic acids is 2. The molecular weight excluding hydrogens is 298 g/mol. The minimum absolute atomic E-state index is 0.0771. The highest BCUT2D eigenvalue weighted by Crippen LogP contribution is 2.12. The molecule has 0 aliphatic carbocycles. The molecule has 2 N–H and O–H groups in total. The zero-order valence-electron chi connectivity index (χ0n) is 12.6. The molecule has 2 aromatic rings. The first-order chi connectivity index (χ1) is 10.6. The van der Waals surface area contributed by atoms with Crippen molar-refractivity contribution in [2.75, 3.05) is 26.0 Å². The minimum atomic E-state index is -0.145. The molecule has 0 fully saturated rings. The van der Waals surface area contributed by atoms with Crippen molar-refractivity contribution >= 4 is 28.8 Å². The Bertz CT molecular complexity index is 623. The number of benzene rings is 1. The fourth-order valence-corrected chi connectivity index (χ4v) is 2.80. The average Bonchev–Trinajstić information content (AvgIpc) is 2.99. The summed E-state index contributed by atoms with van der Waals surface area (Å²) in [5.41, 5.74) is 1.25. The summed E-state index contributed by atoms with van der Waals surface area (Å²) < 4.78 is 0. The number of anilines is 1. The predicted molar refractivity (Wildman–Crippen MR) is 89.1 cm³/mol. The van der Waals surface area contributed by atoms with Crippen LogP contribution in [-0.4, -0.2) is 37.4 Å². The smallest absolute Gasteiger partial charge is 0.251 e. The highest BCUT2D eigenvalue weighted by atomic mass is 32.1. The first-order valence-electron chi connectivity index (χ1n) is 6.91. The highest BCUT2D eigenvalue weighted by Gasteiger charge is 2.09. The fraction of sp³-hybridized carbons (Fsp3) is 0.250. The number of nitrogens with one attached hydrogen (secondary N) is 2. The number of carbonyl (C=O) groups is 2. The maximum Gasteiger partial charge on any atom is 0.251 e. The average molecular weight is 317 g/mol. The number of amides is 2. The summed E-state index contributed by atoms with van der Waals surface area (Å²) >= 11 is 1.68. The molecule has 0 atom stereocenters. The third-order valence-electron chi connectivity index (χ3n) is 3.08. The monoisotopic (exact) mass is 317 g/mol. The lowest BCUT2D eigenvalue weighted by atomic mass is 10.2. The van der Waals surface area contributed by atoms with Crippen LogP contribution in [0.5, 0.6) is 0 Å². The van der Waals surface area contributed by atoms with Gasteiger partial charge in [-0.2, -0.15) is 0 Å². The molecule has 0 saturated carbocycles. The Morgan fingerprint density at radius 2 is 1.91 bits per heavy atom. The minimum Gasteiger partial charge on any atom is -0.355 e. The van der Waals surface area contributed by atoms with Gasteiger partial charge in [0.15, 0.2) is 0 Å². The molecule has 0 radical (unpaired) electrons. The van der Waals surface area contributed by atoms with Crippen LogP contribution >= 0.6 is 11.3 Å². The van der Waals surface area contributed by atoms with Crippen LogP contribution in [0.2, 0.25) is 0 Å². The van der Waals surface area contributed by atoms with E-state index in [0.717, 1.165) is 6.54 Å². The summed E-state index contributed by atoms with van der Waals surface area (Å²) in [5.74, 6) is -0.222. The lowest BCUT2D eigenvalue weighted by Gasteiger charge is -2.15. The Morgan fingerprint density at radius 1 is 1.18 bits per heavy atom. The Balaban J connectivity index is 1.85. The molecule has 22 heavy (non-hydrogen) atoms. The van der Waals surface area contributed by atoms with Crippen LogP contribution in [0.15, 0.2) is 41.8 Å². The molecule has 0 spiro atoms. The number of hydrogen-bond donors (Lipinski definition) is 2. The van der Waals surface area contributed by atoms with E-state index in [4.69, 9.17) is 0 Å². The van der Waals surface area contributed by atoms with Crippen molar-refractivity contribution in [2.45, 2.75) is 6.54 Å². The van der Waals surface area contributed by atoms with Gasteiger partial charge in [-0.15, -0.1) is 11.3 Å². The van der Waals surface area contributed by atoms with E-state index in [9.17, 15) is 9.59 Å². The van der Waals surface area contributed by atoms with Crippen molar-refractivity contribution in [2.24, 2.45) is 0 Å². The van der Waals surface area contributed by atoms with Gasteiger partial charge in [0.25, 0.3) is 5.91 Å². The molecule has 2 amide bonds. The number of rotatable bonds is 6. The number of nitrogens with zero attached hydrogens (tertiary/aromatic N) is 1. The topological polar surface area (TPSA) is 61.4 Å². The van der Waals surface area contributed by atoms with E-state index in [1.54, 1.807) is 42.6 Å². The van der Waals surface area contributed by atoms with E-state index in [1.165, 1.54) is 4.88 Å². The van der Waals surface area contributed by atoms with Gasteiger partial charge < -0.3 is 10.6 Å². The van der Waals surface area contributed by atoms with Crippen molar-refractivity contribution in [3.63, 3.8) is 0 Å². The van der Waals surface area contributed by atoms with Crippen LogP contribution in [0.3, 0.4) is 0 Å². The third-order valence-corrected chi connectivity index (χ3v) is 3.94. The van der Waals surface area contributed by atoms with E-state index in [0.29, 0.717) is 17.8 Å². The second-order valence-electron chi connectivity index (χ2n) is 4.96. The van der Waals surface area contributed by atoms with E-state index >= 15 is 0 Å². The van der Waals surface area contributed by atoms with Crippen molar-refractivity contribution in [3.8, 4) is 0 Å². The molecule has 0 aliphatic rings. The second kappa shape index (κ2) is 7.72. The Labute approximate surface area is 134 Å². The third kappa shape index (κ3) is 4.68. The Hall–Kier alpha value is -2.18. The molecule has 6 heteroatoms. The van der Waals surface area contributed by atoms with Gasteiger partial charge in [0.1, 0.15) is 0 Å². The SMILES string of the molecule is CNC(=O)c1ccc(NC(=O)CN(C)Cc2cccs2)cc1. The van der Waals surface area contributed by atoms with Crippen LogP contribution in [0.4, 0.5) is 5.69 Å². The second-order valence-corrected chi connectivity index (χ2v) is 5.99. The van der Waals surface area contributed by atoms with Gasteiger partial charge in [0.05, 0.1) is 6.54 Å². The van der Waals surface area contributed by atoms with Crippen molar-refractivity contribution in [1.29, 1.82) is 0 Å². The fourth-order valence-electron chi connectivity index (χ4n) is 2.02. The van der Waals surface area contributed by atoms with Gasteiger partial charge >= 0.3 is 0 Å². The van der Waals surface area contributed by atoms with Crippen LogP contribution in [0.1, 0.15) is 15.2 Å². The molecule has 1 aromatic heterocycles. The summed E-state index contributed by atoms with van der Waals surface area (Å²) in [6.07, 6.45) is 0. The maximum absolute atomic E-state index is 12.0. The summed E-state index contributed by atoms with van der Waals surface area (Å²) in [5, 5.41) is 7.41. The van der Waals surface area contributed by atoms with E-state index in [1.807, 2.05) is 23.4 Å². The van der Waals surface area contributed by atoms with Gasteiger partial charge in [-0.1, -0.05) is 6.07 Å². The molecule has 2 rings (SSSR count). The largest absolute Gasteiger partial charge is 0.355 e. The summed E-state index contributed by atoms with van der Waals surface area (Å²) in [6, 6.07) is 10.9. The first kappa shape index (κ1) is 16.2. The molecule has 0 saturated heterocycles. The molecule has 1 aromatic carbocycles. The number of hydrogen-bond acceptors (Lipinski definition) is 4. The lowest BCUT2D eigenvalue weighted by Crippen LogP contribution is -2.29. The van der Waals surface area contributed by atoms with Gasteiger partial charge in [0.2, 0.25) is 5.91 Å². The quantitative estimate of drug-likeness (QED) is 0.858. The molecule has 1 heterocycles. The van der Waals surface area contributed by atoms with Crippen LogP contribution in [0, 0.1) is 0 Å². The standard InChI is InChI=1S/C16H19N3O2S/c1-17-16(21)12-5-7-13(8-6-12)18-15(20)11-19(2)10-14-4-3-9-22-14/h3-9H,10-11H2,1-2H3,(H,17,21)(H,18,20). The highest BCUT2D eigenvalue weighted by molar-refractivity contribution is 7.09. The molecule has 0 aliphatic heterocycles. The number of likely N-dealkylation sites (N-methyl/N-ethyl adjacent to an activating group) is 1. The Morgan fingerprint density at radius 3 is 2.50 bits per heavy atom. The van der Waals surface area contributed by atoms with Gasteiger partial charge in [-0.05, 0) is 42.8 Å². The van der Waals surface area contributed by atoms with Gasteiger partial charge in [0, 0.05) is 29.7 Å². The zero-order valence-corrected chi connectivity index (χ0v) is 13.4. The van der Waals surface area contributed by atoms with Gasteiger partial charge in [-0.25, -0.2) is 0 Å². The Kier molecular flexibility index (Phi) is 5.68. The molecule has 116 valence electrons. The van der Waals surface area contributed by atoms with Gasteiger partial charge in [-0.3, -0.25) is 14.5 Å².